The predicted octanol–water partition coefficient (Wildman–Crippen LogP) is 2.10. The molecule has 3 rings (SSSR count). The molecule has 3 saturated carbocycles. The van der Waals surface area contributed by atoms with Gasteiger partial charge in [-0.2, -0.15) is 13.2 Å². The van der Waals surface area contributed by atoms with Crippen molar-refractivity contribution in [2.45, 2.75) is 45.3 Å². The van der Waals surface area contributed by atoms with Crippen LogP contribution in [-0.2, 0) is 4.79 Å². The third-order valence-corrected chi connectivity index (χ3v) is 5.15. The molecule has 0 aromatic heterocycles. The molecule has 3 nitrogen and oxygen atoms in total. The minimum Gasteiger partial charge on any atom is -0.396 e. The van der Waals surface area contributed by atoms with E-state index in [0.717, 1.165) is 6.42 Å². The van der Waals surface area contributed by atoms with E-state index in [4.69, 9.17) is 5.11 Å². The fraction of sp³-hybridized carbons (Fsp3) is 0.923. The van der Waals surface area contributed by atoms with Crippen LogP contribution in [0.5, 0.6) is 0 Å². The molecule has 0 spiro atoms. The number of aliphatic hydroxyl groups is 1. The summed E-state index contributed by atoms with van der Waals surface area (Å²) in [4.78, 5) is 11.1. The molecule has 110 valence electrons. The highest BCUT2D eigenvalue weighted by molar-refractivity contribution is 5.82. The summed E-state index contributed by atoms with van der Waals surface area (Å²) in [5, 5.41) is 11.2. The van der Waals surface area contributed by atoms with E-state index in [1.54, 1.807) is 0 Å². The molecule has 0 aromatic carbocycles. The van der Waals surface area contributed by atoms with Gasteiger partial charge in [-0.25, -0.2) is 0 Å². The molecule has 4 atom stereocenters. The second kappa shape index (κ2) is 4.65. The topological polar surface area (TPSA) is 49.3 Å². The Labute approximate surface area is 110 Å². The van der Waals surface area contributed by atoms with Crippen LogP contribution in [0.25, 0.3) is 0 Å². The van der Waals surface area contributed by atoms with E-state index in [-0.39, 0.29) is 23.9 Å². The Bertz CT molecular complexity index is 367. The Kier molecular flexibility index (Phi) is 3.58. The van der Waals surface area contributed by atoms with E-state index < -0.39 is 18.1 Å². The highest BCUT2D eigenvalue weighted by atomic mass is 19.4. The molecule has 6 heteroatoms. The van der Waals surface area contributed by atoms with Crippen LogP contribution < -0.4 is 5.32 Å². The number of halogens is 3. The largest absolute Gasteiger partial charge is 0.471 e. The van der Waals surface area contributed by atoms with Gasteiger partial charge in [-0.05, 0) is 42.4 Å². The van der Waals surface area contributed by atoms with Crippen molar-refractivity contribution in [2.75, 3.05) is 6.61 Å². The number of carbonyl (C=O) groups is 1. The van der Waals surface area contributed by atoms with Crippen molar-refractivity contribution in [3.63, 3.8) is 0 Å². The summed E-state index contributed by atoms with van der Waals surface area (Å²) in [6.07, 6.45) is -2.81. The molecule has 1 amide bonds. The van der Waals surface area contributed by atoms with Gasteiger partial charge in [0.05, 0.1) is 0 Å². The van der Waals surface area contributed by atoms with Crippen LogP contribution in [0.15, 0.2) is 0 Å². The number of fused-ring (bicyclic) bond motifs is 2. The van der Waals surface area contributed by atoms with Crippen molar-refractivity contribution in [3.8, 4) is 0 Å². The molecule has 2 unspecified atom stereocenters. The van der Waals surface area contributed by atoms with Crippen LogP contribution in [0.4, 0.5) is 13.2 Å². The fourth-order valence-corrected chi connectivity index (χ4v) is 3.91. The van der Waals surface area contributed by atoms with Crippen LogP contribution in [-0.4, -0.2) is 29.8 Å². The minimum atomic E-state index is -4.83. The van der Waals surface area contributed by atoms with Crippen molar-refractivity contribution in [1.82, 2.24) is 5.32 Å². The Hall–Kier alpha value is -0.780. The van der Waals surface area contributed by atoms with Crippen LogP contribution in [0.3, 0.4) is 0 Å². The first-order valence-corrected chi connectivity index (χ1v) is 6.66. The molecule has 0 heterocycles. The molecular weight excluding hydrogens is 259 g/mol. The lowest BCUT2D eigenvalue weighted by molar-refractivity contribution is -0.179. The number of rotatable bonds is 3. The minimum absolute atomic E-state index is 0.0553. The molecule has 0 aliphatic heterocycles. The van der Waals surface area contributed by atoms with E-state index >= 15 is 0 Å². The van der Waals surface area contributed by atoms with Crippen LogP contribution in [0, 0.1) is 23.2 Å². The molecule has 3 aliphatic carbocycles. The molecule has 0 saturated heterocycles. The zero-order chi connectivity index (χ0) is 14.4. The first kappa shape index (κ1) is 14.6. The van der Waals surface area contributed by atoms with Gasteiger partial charge in [-0.1, -0.05) is 13.8 Å². The van der Waals surface area contributed by atoms with Crippen LogP contribution in [0.1, 0.15) is 33.1 Å². The molecule has 19 heavy (non-hydrogen) atoms. The predicted molar refractivity (Wildman–Crippen MR) is 63.2 cm³/mol. The van der Waals surface area contributed by atoms with Crippen molar-refractivity contribution in [3.05, 3.63) is 0 Å². The Balaban J connectivity index is 2.07. The molecule has 2 bridgehead atoms. The quantitative estimate of drug-likeness (QED) is 0.831. The summed E-state index contributed by atoms with van der Waals surface area (Å²) in [5.41, 5.74) is 0.110. The number of hydrogen-bond donors (Lipinski definition) is 2. The molecular formula is C13H20F3NO2. The maximum absolute atomic E-state index is 12.3. The van der Waals surface area contributed by atoms with Crippen molar-refractivity contribution in [2.24, 2.45) is 23.2 Å². The lowest BCUT2D eigenvalue weighted by Crippen LogP contribution is -2.62. The third-order valence-electron chi connectivity index (χ3n) is 5.15. The molecule has 0 aromatic rings. The zero-order valence-electron chi connectivity index (χ0n) is 11.1. The number of amides is 1. The maximum Gasteiger partial charge on any atom is 0.471 e. The molecule has 2 N–H and O–H groups in total. The molecule has 3 aliphatic rings. The van der Waals surface area contributed by atoms with Gasteiger partial charge in [0, 0.05) is 12.6 Å². The van der Waals surface area contributed by atoms with Gasteiger partial charge in [0.25, 0.3) is 0 Å². The van der Waals surface area contributed by atoms with Gasteiger partial charge in [0.1, 0.15) is 0 Å². The Morgan fingerprint density at radius 3 is 2.47 bits per heavy atom. The highest BCUT2D eigenvalue weighted by Gasteiger charge is 2.58. The van der Waals surface area contributed by atoms with Crippen LogP contribution in [0.2, 0.25) is 0 Å². The second-order valence-corrected chi connectivity index (χ2v) is 6.35. The fourth-order valence-electron chi connectivity index (χ4n) is 3.91. The van der Waals surface area contributed by atoms with Crippen LogP contribution >= 0.6 is 0 Å². The van der Waals surface area contributed by atoms with Gasteiger partial charge in [0.2, 0.25) is 0 Å². The normalized spacial score (nSPS) is 36.5. The van der Waals surface area contributed by atoms with E-state index in [1.807, 2.05) is 0 Å². The lowest BCUT2D eigenvalue weighted by Gasteiger charge is -2.62. The molecule has 3 fully saturated rings. The summed E-state index contributed by atoms with van der Waals surface area (Å²) in [5.74, 6) is -1.27. The monoisotopic (exact) mass is 279 g/mol. The van der Waals surface area contributed by atoms with Gasteiger partial charge in [-0.15, -0.1) is 0 Å². The Morgan fingerprint density at radius 1 is 1.37 bits per heavy atom. The SMILES string of the molecule is CC1(C)C2CC1[C@@H](CCO)[C@H](NC(=O)C(F)(F)F)C2. The third kappa shape index (κ3) is 2.47. The number of alkyl halides is 3. The van der Waals surface area contributed by atoms with Gasteiger partial charge >= 0.3 is 12.1 Å². The molecule has 0 radical (unpaired) electrons. The smallest absolute Gasteiger partial charge is 0.396 e. The summed E-state index contributed by atoms with van der Waals surface area (Å²) >= 11 is 0. The lowest BCUT2D eigenvalue weighted by atomic mass is 9.44. The highest BCUT2D eigenvalue weighted by Crippen LogP contribution is 2.62. The van der Waals surface area contributed by atoms with Crippen molar-refractivity contribution < 1.29 is 23.1 Å². The summed E-state index contributed by atoms with van der Waals surface area (Å²) in [6.45, 7) is 4.19. The van der Waals surface area contributed by atoms with Crippen molar-refractivity contribution >= 4 is 5.91 Å². The van der Waals surface area contributed by atoms with Gasteiger partial charge in [-0.3, -0.25) is 4.79 Å². The zero-order valence-corrected chi connectivity index (χ0v) is 11.1. The van der Waals surface area contributed by atoms with Crippen molar-refractivity contribution in [1.29, 1.82) is 0 Å². The average molecular weight is 279 g/mol. The first-order chi connectivity index (χ1) is 8.67. The summed E-state index contributed by atoms with van der Waals surface area (Å²) < 4.78 is 36.9. The summed E-state index contributed by atoms with van der Waals surface area (Å²) in [7, 11) is 0. The first-order valence-electron chi connectivity index (χ1n) is 6.66. The maximum atomic E-state index is 12.3. The Morgan fingerprint density at radius 2 is 2.00 bits per heavy atom. The number of aliphatic hydroxyl groups excluding tert-OH is 1. The average Bonchev–Trinajstić information content (AvgIpc) is 2.29. The van der Waals surface area contributed by atoms with E-state index in [1.165, 1.54) is 0 Å². The number of hydrogen-bond acceptors (Lipinski definition) is 2. The second-order valence-electron chi connectivity index (χ2n) is 6.35. The van der Waals surface area contributed by atoms with E-state index in [9.17, 15) is 18.0 Å². The van der Waals surface area contributed by atoms with E-state index in [2.05, 4.69) is 19.2 Å². The summed E-state index contributed by atoms with van der Waals surface area (Å²) in [6, 6.07) is -0.460. The number of carbonyl (C=O) groups excluding carboxylic acids is 1. The van der Waals surface area contributed by atoms with Gasteiger partial charge < -0.3 is 10.4 Å². The van der Waals surface area contributed by atoms with Gasteiger partial charge in [0.15, 0.2) is 0 Å². The number of nitrogens with one attached hydrogen (secondary N) is 1. The standard InChI is InChI=1S/C13H20F3NO2/c1-12(2)7-5-9(12)8(3-4-18)10(6-7)17-11(19)13(14,15)16/h7-10,18H,3-6H2,1-2H3,(H,17,19)/t7?,8-,9?,10-/m1/s1. The van der Waals surface area contributed by atoms with E-state index in [0.29, 0.717) is 18.8 Å².